The summed E-state index contributed by atoms with van der Waals surface area (Å²) in [5.41, 5.74) is 0. The summed E-state index contributed by atoms with van der Waals surface area (Å²) in [6.45, 7) is 7.90. The lowest BCUT2D eigenvalue weighted by atomic mass is 9.89. The lowest BCUT2D eigenvalue weighted by Gasteiger charge is -2.37. The van der Waals surface area contributed by atoms with Gasteiger partial charge < -0.3 is 10.6 Å². The molecule has 0 aliphatic heterocycles. The first-order chi connectivity index (χ1) is 8.60. The van der Waals surface area contributed by atoms with Crippen LogP contribution in [0.15, 0.2) is 0 Å². The Bertz CT molecular complexity index is 249. The number of hydrogen-bond acceptors (Lipinski definition) is 3. The average Bonchev–Trinajstić information content (AvgIpc) is 2.38. The van der Waals surface area contributed by atoms with Crippen LogP contribution in [0.25, 0.3) is 0 Å². The molecule has 0 aromatic rings. The summed E-state index contributed by atoms with van der Waals surface area (Å²) in [5.74, 6) is 0.147. The fourth-order valence-corrected chi connectivity index (χ4v) is 2.80. The van der Waals surface area contributed by atoms with Crippen LogP contribution in [0.3, 0.4) is 0 Å². The Balaban J connectivity index is 2.39. The minimum Gasteiger partial charge on any atom is -0.355 e. The van der Waals surface area contributed by atoms with Crippen molar-refractivity contribution in [3.05, 3.63) is 0 Å². The molecule has 0 spiro atoms. The van der Waals surface area contributed by atoms with Crippen LogP contribution in [0.1, 0.15) is 46.5 Å². The molecule has 0 aromatic heterocycles. The van der Waals surface area contributed by atoms with Gasteiger partial charge in [0.15, 0.2) is 0 Å². The molecule has 1 unspecified atom stereocenters. The van der Waals surface area contributed by atoms with E-state index in [9.17, 15) is 4.79 Å². The molecule has 4 heteroatoms. The second kappa shape index (κ2) is 7.74. The Morgan fingerprint density at radius 3 is 2.33 bits per heavy atom. The van der Waals surface area contributed by atoms with Gasteiger partial charge >= 0.3 is 0 Å². The van der Waals surface area contributed by atoms with Gasteiger partial charge in [-0.15, -0.1) is 0 Å². The topological polar surface area (TPSA) is 44.4 Å². The summed E-state index contributed by atoms with van der Waals surface area (Å²) >= 11 is 0. The van der Waals surface area contributed by atoms with Crippen molar-refractivity contribution in [1.82, 2.24) is 15.5 Å². The van der Waals surface area contributed by atoms with E-state index in [0.717, 1.165) is 6.54 Å². The number of carbonyl (C=O) groups excluding carboxylic acids is 1. The molecule has 1 aliphatic rings. The second-order valence-electron chi connectivity index (χ2n) is 5.30. The highest BCUT2D eigenvalue weighted by atomic mass is 16.2. The van der Waals surface area contributed by atoms with E-state index >= 15 is 0 Å². The summed E-state index contributed by atoms with van der Waals surface area (Å²) in [5, 5.41) is 6.42. The maximum absolute atomic E-state index is 11.8. The molecule has 1 fully saturated rings. The van der Waals surface area contributed by atoms with Crippen molar-refractivity contribution in [3.8, 4) is 0 Å². The van der Waals surface area contributed by atoms with E-state index in [0.29, 0.717) is 18.6 Å². The van der Waals surface area contributed by atoms with Gasteiger partial charge in [-0.1, -0.05) is 6.92 Å². The lowest BCUT2D eigenvalue weighted by molar-refractivity contribution is -0.126. The van der Waals surface area contributed by atoms with Crippen molar-refractivity contribution in [1.29, 1.82) is 0 Å². The number of likely N-dealkylation sites (N-methyl/N-ethyl adjacent to an activating group) is 2. The minimum atomic E-state index is -0.0226. The Hall–Kier alpha value is -0.610. The second-order valence-corrected chi connectivity index (χ2v) is 5.30. The third-order valence-electron chi connectivity index (χ3n) is 4.11. The van der Waals surface area contributed by atoms with E-state index in [2.05, 4.69) is 29.5 Å². The van der Waals surface area contributed by atoms with Crippen LogP contribution in [0.5, 0.6) is 0 Å². The van der Waals surface area contributed by atoms with Gasteiger partial charge in [-0.25, -0.2) is 0 Å². The Morgan fingerprint density at radius 2 is 1.83 bits per heavy atom. The maximum atomic E-state index is 11.8. The van der Waals surface area contributed by atoms with Crippen molar-refractivity contribution in [3.63, 3.8) is 0 Å². The summed E-state index contributed by atoms with van der Waals surface area (Å²) in [7, 11) is 2.08. The molecule has 1 rings (SSSR count). The predicted octanol–water partition coefficient (Wildman–Crippen LogP) is 1.36. The lowest BCUT2D eigenvalue weighted by Crippen LogP contribution is -2.49. The van der Waals surface area contributed by atoms with Crippen molar-refractivity contribution in [2.45, 2.75) is 64.6 Å². The van der Waals surface area contributed by atoms with Crippen LogP contribution >= 0.6 is 0 Å². The van der Waals surface area contributed by atoms with Gasteiger partial charge in [-0.2, -0.15) is 0 Å². The van der Waals surface area contributed by atoms with Crippen LogP contribution in [-0.2, 0) is 4.79 Å². The summed E-state index contributed by atoms with van der Waals surface area (Å²) in [4.78, 5) is 14.1. The van der Waals surface area contributed by atoms with Crippen LogP contribution in [0.2, 0.25) is 0 Å². The van der Waals surface area contributed by atoms with Crippen molar-refractivity contribution < 1.29 is 4.79 Å². The molecular formula is C14H29N3O. The van der Waals surface area contributed by atoms with E-state index in [1.807, 2.05) is 13.8 Å². The first kappa shape index (κ1) is 15.4. The predicted molar refractivity (Wildman–Crippen MR) is 75.6 cm³/mol. The SMILES string of the molecule is CCNC(=O)C(C)N(C)C1CCC(NCC)CC1. The van der Waals surface area contributed by atoms with Crippen molar-refractivity contribution >= 4 is 5.91 Å². The normalized spacial score (nSPS) is 26.1. The third-order valence-corrected chi connectivity index (χ3v) is 4.11. The van der Waals surface area contributed by atoms with Crippen LogP contribution < -0.4 is 10.6 Å². The monoisotopic (exact) mass is 255 g/mol. The van der Waals surface area contributed by atoms with Gasteiger partial charge in [0.1, 0.15) is 0 Å². The highest BCUT2D eigenvalue weighted by molar-refractivity contribution is 5.81. The van der Waals surface area contributed by atoms with Gasteiger partial charge in [0.05, 0.1) is 6.04 Å². The third kappa shape index (κ3) is 4.25. The molecule has 4 nitrogen and oxygen atoms in total. The van der Waals surface area contributed by atoms with Gasteiger partial charge in [0, 0.05) is 18.6 Å². The first-order valence-electron chi connectivity index (χ1n) is 7.33. The molecular weight excluding hydrogens is 226 g/mol. The zero-order chi connectivity index (χ0) is 13.5. The number of hydrogen-bond donors (Lipinski definition) is 2. The fourth-order valence-electron chi connectivity index (χ4n) is 2.80. The van der Waals surface area contributed by atoms with Crippen LogP contribution in [0, 0.1) is 0 Å². The van der Waals surface area contributed by atoms with Crippen LogP contribution in [0.4, 0.5) is 0 Å². The molecule has 106 valence electrons. The molecule has 0 heterocycles. The number of nitrogens with zero attached hydrogens (tertiary/aromatic N) is 1. The van der Waals surface area contributed by atoms with Crippen molar-refractivity contribution in [2.24, 2.45) is 0 Å². The summed E-state index contributed by atoms with van der Waals surface area (Å²) < 4.78 is 0. The fraction of sp³-hybridized carbons (Fsp3) is 0.929. The van der Waals surface area contributed by atoms with Gasteiger partial charge in [0.25, 0.3) is 0 Å². The van der Waals surface area contributed by atoms with E-state index in [1.54, 1.807) is 0 Å². The summed E-state index contributed by atoms with van der Waals surface area (Å²) in [6, 6.07) is 1.21. The van der Waals surface area contributed by atoms with E-state index < -0.39 is 0 Å². The average molecular weight is 255 g/mol. The smallest absolute Gasteiger partial charge is 0.237 e. The van der Waals surface area contributed by atoms with Gasteiger partial charge in [0.2, 0.25) is 5.91 Å². The highest BCUT2D eigenvalue weighted by Crippen LogP contribution is 2.23. The molecule has 0 saturated heterocycles. The Morgan fingerprint density at radius 1 is 1.22 bits per heavy atom. The molecule has 0 radical (unpaired) electrons. The minimum absolute atomic E-state index is 0.0226. The van der Waals surface area contributed by atoms with E-state index in [1.165, 1.54) is 25.7 Å². The Kier molecular flexibility index (Phi) is 6.65. The van der Waals surface area contributed by atoms with Crippen LogP contribution in [-0.4, -0.2) is 49.1 Å². The van der Waals surface area contributed by atoms with E-state index in [4.69, 9.17) is 0 Å². The molecule has 2 N–H and O–H groups in total. The molecule has 0 aromatic carbocycles. The number of nitrogens with one attached hydrogen (secondary N) is 2. The first-order valence-corrected chi connectivity index (χ1v) is 7.33. The standard InChI is InChI=1S/C14H29N3O/c1-5-15-12-7-9-13(10-8-12)17(4)11(3)14(18)16-6-2/h11-13,15H,5-10H2,1-4H3,(H,16,18). The highest BCUT2D eigenvalue weighted by Gasteiger charge is 2.28. The van der Waals surface area contributed by atoms with Gasteiger partial charge in [-0.3, -0.25) is 9.69 Å². The maximum Gasteiger partial charge on any atom is 0.237 e. The molecule has 1 aliphatic carbocycles. The molecule has 1 saturated carbocycles. The summed E-state index contributed by atoms with van der Waals surface area (Å²) in [6.07, 6.45) is 4.84. The number of carbonyl (C=O) groups is 1. The van der Waals surface area contributed by atoms with E-state index in [-0.39, 0.29) is 11.9 Å². The zero-order valence-corrected chi connectivity index (χ0v) is 12.3. The largest absolute Gasteiger partial charge is 0.355 e. The quantitative estimate of drug-likeness (QED) is 0.753. The van der Waals surface area contributed by atoms with Crippen molar-refractivity contribution in [2.75, 3.05) is 20.1 Å². The number of amides is 1. The molecule has 1 amide bonds. The van der Waals surface area contributed by atoms with Gasteiger partial charge in [-0.05, 0) is 53.1 Å². The Labute approximate surface area is 111 Å². The molecule has 0 bridgehead atoms. The molecule has 1 atom stereocenters. The molecule has 18 heavy (non-hydrogen) atoms. The number of rotatable bonds is 6. The zero-order valence-electron chi connectivity index (χ0n) is 12.3.